The number of hydrogen-bond donors (Lipinski definition) is 1. The highest BCUT2D eigenvalue weighted by atomic mass is 35.5. The minimum Gasteiger partial charge on any atom is -0.309 e. The monoisotopic (exact) mass is 337 g/mol. The zero-order valence-electron chi connectivity index (χ0n) is 11.1. The Bertz CT molecular complexity index is 455. The number of nitrogens with one attached hydrogen (secondary N) is 1. The van der Waals surface area contributed by atoms with Gasteiger partial charge in [-0.1, -0.05) is 47.3 Å². The first-order valence-corrected chi connectivity index (χ1v) is 8.77. The van der Waals surface area contributed by atoms with Crippen molar-refractivity contribution in [3.63, 3.8) is 0 Å². The van der Waals surface area contributed by atoms with Crippen LogP contribution in [0.5, 0.6) is 0 Å². The zero-order chi connectivity index (χ0) is 14.0. The normalized spacial score (nSPS) is 19.0. The average molecular weight is 339 g/mol. The molecule has 0 aliphatic heterocycles. The van der Waals surface area contributed by atoms with E-state index in [0.717, 1.165) is 12.1 Å². The number of thioether (sulfide) groups is 1. The molecule has 106 valence electrons. The second-order valence-corrected chi connectivity index (χ2v) is 7.55. The molecular formula is C14H18Cl3NS. The van der Waals surface area contributed by atoms with Crippen molar-refractivity contribution in [2.24, 2.45) is 0 Å². The highest BCUT2D eigenvalue weighted by molar-refractivity contribution is 8.00. The van der Waals surface area contributed by atoms with Gasteiger partial charge in [0.05, 0.1) is 15.1 Å². The van der Waals surface area contributed by atoms with Crippen LogP contribution in [0.15, 0.2) is 12.1 Å². The lowest BCUT2D eigenvalue weighted by Crippen LogP contribution is -2.44. The van der Waals surface area contributed by atoms with Gasteiger partial charge >= 0.3 is 0 Å². The summed E-state index contributed by atoms with van der Waals surface area (Å²) in [6.07, 6.45) is 6.12. The van der Waals surface area contributed by atoms with Crippen LogP contribution in [0.4, 0.5) is 0 Å². The van der Waals surface area contributed by atoms with E-state index in [-0.39, 0.29) is 6.04 Å². The van der Waals surface area contributed by atoms with Gasteiger partial charge in [0.1, 0.15) is 0 Å². The van der Waals surface area contributed by atoms with Crippen molar-refractivity contribution in [1.82, 2.24) is 5.32 Å². The van der Waals surface area contributed by atoms with Gasteiger partial charge in [-0.2, -0.15) is 11.8 Å². The summed E-state index contributed by atoms with van der Waals surface area (Å²) in [6, 6.07) is 3.92. The number of benzene rings is 1. The van der Waals surface area contributed by atoms with Gasteiger partial charge < -0.3 is 5.32 Å². The fourth-order valence-electron chi connectivity index (χ4n) is 2.35. The molecule has 2 rings (SSSR count). The van der Waals surface area contributed by atoms with Crippen LogP contribution in [-0.2, 0) is 0 Å². The molecule has 1 aliphatic rings. The highest BCUT2D eigenvalue weighted by Gasteiger charge is 2.36. The quantitative estimate of drug-likeness (QED) is 0.703. The summed E-state index contributed by atoms with van der Waals surface area (Å²) in [5, 5.41) is 5.07. The van der Waals surface area contributed by atoms with Gasteiger partial charge in [-0.05, 0) is 37.7 Å². The molecule has 1 aromatic rings. The predicted octanol–water partition coefficient (Wildman–Crippen LogP) is 5.58. The molecule has 0 saturated heterocycles. The third-order valence-corrected chi connectivity index (χ3v) is 6.69. The van der Waals surface area contributed by atoms with Crippen molar-refractivity contribution in [3.05, 3.63) is 32.8 Å². The van der Waals surface area contributed by atoms with Gasteiger partial charge in [0.25, 0.3) is 0 Å². The van der Waals surface area contributed by atoms with Crippen LogP contribution in [0.3, 0.4) is 0 Å². The molecule has 0 bridgehead atoms. The summed E-state index contributed by atoms with van der Waals surface area (Å²) >= 11 is 20.3. The minimum absolute atomic E-state index is 0.173. The van der Waals surface area contributed by atoms with Crippen LogP contribution in [0.1, 0.15) is 37.8 Å². The molecule has 0 heterocycles. The standard InChI is InChI=1S/C14H18Cl3NS/c1-9(18-8-14(19-2)6-3-7-14)10-4-5-11(15)13(17)12(10)16/h4-5,9,18H,3,6-8H2,1-2H3. The second kappa shape index (κ2) is 6.44. The molecule has 5 heteroatoms. The van der Waals surface area contributed by atoms with Gasteiger partial charge in [-0.3, -0.25) is 0 Å². The summed E-state index contributed by atoms with van der Waals surface area (Å²) in [6.45, 7) is 3.12. The van der Waals surface area contributed by atoms with Crippen molar-refractivity contribution in [2.45, 2.75) is 37.0 Å². The number of hydrogen-bond acceptors (Lipinski definition) is 2. The molecule has 1 aliphatic carbocycles. The molecule has 0 radical (unpaired) electrons. The average Bonchev–Trinajstić information content (AvgIpc) is 2.35. The minimum atomic E-state index is 0.173. The summed E-state index contributed by atoms with van der Waals surface area (Å²) in [5.41, 5.74) is 1.01. The van der Waals surface area contributed by atoms with E-state index in [2.05, 4.69) is 18.5 Å². The van der Waals surface area contributed by atoms with Crippen LogP contribution in [0.25, 0.3) is 0 Å². The fourth-order valence-corrected chi connectivity index (χ4v) is 3.98. The molecule has 0 amide bonds. The van der Waals surface area contributed by atoms with Crippen LogP contribution < -0.4 is 5.32 Å². The molecule has 1 N–H and O–H groups in total. The van der Waals surface area contributed by atoms with Crippen molar-refractivity contribution >= 4 is 46.6 Å². The van der Waals surface area contributed by atoms with E-state index in [4.69, 9.17) is 34.8 Å². The second-order valence-electron chi connectivity index (χ2n) is 5.11. The van der Waals surface area contributed by atoms with Crippen molar-refractivity contribution < 1.29 is 0 Å². The van der Waals surface area contributed by atoms with Crippen molar-refractivity contribution in [2.75, 3.05) is 12.8 Å². The first kappa shape index (κ1) is 15.8. The molecule has 1 atom stereocenters. The highest BCUT2D eigenvalue weighted by Crippen LogP contribution is 2.43. The first-order valence-electron chi connectivity index (χ1n) is 6.41. The Balaban J connectivity index is 2.04. The lowest BCUT2D eigenvalue weighted by atomic mass is 9.84. The largest absolute Gasteiger partial charge is 0.309 e. The summed E-state index contributed by atoms with van der Waals surface area (Å²) < 4.78 is 0.414. The topological polar surface area (TPSA) is 12.0 Å². The van der Waals surface area contributed by atoms with Crippen molar-refractivity contribution in [3.8, 4) is 0 Å². The van der Waals surface area contributed by atoms with Crippen LogP contribution in [0, 0.1) is 0 Å². The Morgan fingerprint density at radius 3 is 2.47 bits per heavy atom. The summed E-state index contributed by atoms with van der Waals surface area (Å²) in [5.74, 6) is 0. The maximum atomic E-state index is 6.26. The Kier molecular flexibility index (Phi) is 5.35. The molecule has 1 nitrogen and oxygen atoms in total. The molecule has 0 aromatic heterocycles. The zero-order valence-corrected chi connectivity index (χ0v) is 14.2. The van der Waals surface area contributed by atoms with E-state index in [1.165, 1.54) is 19.3 Å². The Morgan fingerprint density at radius 1 is 1.26 bits per heavy atom. The Labute approximate surface area is 134 Å². The molecule has 0 spiro atoms. The predicted molar refractivity (Wildman–Crippen MR) is 88.0 cm³/mol. The van der Waals surface area contributed by atoms with Crippen molar-refractivity contribution in [1.29, 1.82) is 0 Å². The van der Waals surface area contributed by atoms with E-state index in [0.29, 0.717) is 19.8 Å². The van der Waals surface area contributed by atoms with E-state index >= 15 is 0 Å². The smallest absolute Gasteiger partial charge is 0.0781 e. The van der Waals surface area contributed by atoms with Gasteiger partial charge in [-0.25, -0.2) is 0 Å². The molecular weight excluding hydrogens is 321 g/mol. The number of halogens is 3. The summed E-state index contributed by atoms with van der Waals surface area (Å²) in [7, 11) is 0. The van der Waals surface area contributed by atoms with E-state index < -0.39 is 0 Å². The van der Waals surface area contributed by atoms with Gasteiger partial charge in [0, 0.05) is 17.3 Å². The molecule has 1 aromatic carbocycles. The Morgan fingerprint density at radius 2 is 1.95 bits per heavy atom. The third kappa shape index (κ3) is 3.36. The lowest BCUT2D eigenvalue weighted by molar-refractivity contribution is 0.334. The van der Waals surface area contributed by atoms with Crippen LogP contribution >= 0.6 is 46.6 Å². The molecule has 1 saturated carbocycles. The fraction of sp³-hybridized carbons (Fsp3) is 0.571. The maximum absolute atomic E-state index is 6.26. The van der Waals surface area contributed by atoms with E-state index in [9.17, 15) is 0 Å². The Hall–Kier alpha value is 0.400. The van der Waals surface area contributed by atoms with Crippen LogP contribution in [-0.4, -0.2) is 17.5 Å². The lowest BCUT2D eigenvalue weighted by Gasteiger charge is -2.41. The van der Waals surface area contributed by atoms with Gasteiger partial charge in [0.2, 0.25) is 0 Å². The van der Waals surface area contributed by atoms with E-state index in [1.54, 1.807) is 6.07 Å². The maximum Gasteiger partial charge on any atom is 0.0781 e. The van der Waals surface area contributed by atoms with Gasteiger partial charge in [0.15, 0.2) is 0 Å². The molecule has 19 heavy (non-hydrogen) atoms. The van der Waals surface area contributed by atoms with Gasteiger partial charge in [-0.15, -0.1) is 0 Å². The number of rotatable bonds is 5. The third-order valence-electron chi connectivity index (χ3n) is 3.96. The molecule has 1 unspecified atom stereocenters. The first-order chi connectivity index (χ1) is 8.99. The SMILES string of the molecule is CSC1(CNC(C)c2ccc(Cl)c(Cl)c2Cl)CCC1. The van der Waals surface area contributed by atoms with Crippen LogP contribution in [0.2, 0.25) is 15.1 Å². The summed E-state index contributed by atoms with van der Waals surface area (Å²) in [4.78, 5) is 0. The molecule has 1 fully saturated rings. The van der Waals surface area contributed by atoms with E-state index in [1.807, 2.05) is 17.8 Å².